The number of alkyl carbamates (subject to hydrolysis) is 1. The van der Waals surface area contributed by atoms with Gasteiger partial charge in [-0.3, -0.25) is 19.1 Å². The van der Waals surface area contributed by atoms with E-state index in [9.17, 15) is 45.2 Å². The molecule has 3 fully saturated rings. The molecule has 0 bridgehead atoms. The van der Waals surface area contributed by atoms with E-state index < -0.39 is 92.6 Å². The summed E-state index contributed by atoms with van der Waals surface area (Å²) < 4.78 is 104. The smallest absolute Gasteiger partial charge is 0.427 e. The maximum atomic E-state index is 14.8. The van der Waals surface area contributed by atoms with Crippen LogP contribution in [0.4, 0.5) is 22.4 Å². The van der Waals surface area contributed by atoms with Crippen molar-refractivity contribution < 1.29 is 64.1 Å². The van der Waals surface area contributed by atoms with Crippen LogP contribution in [-0.2, 0) is 29.1 Å². The Morgan fingerprint density at radius 2 is 1.78 bits per heavy atom. The van der Waals surface area contributed by atoms with E-state index in [4.69, 9.17) is 18.9 Å². The van der Waals surface area contributed by atoms with Crippen molar-refractivity contribution >= 4 is 44.6 Å². The predicted octanol–water partition coefficient (Wildman–Crippen LogP) is 4.87. The summed E-state index contributed by atoms with van der Waals surface area (Å²) in [5.41, 5.74) is -4.70. The maximum absolute atomic E-state index is 14.8. The van der Waals surface area contributed by atoms with Gasteiger partial charge in [-0.2, -0.15) is 18.2 Å². The van der Waals surface area contributed by atoms with Crippen LogP contribution in [0.2, 0.25) is 0 Å². The normalized spacial score (nSPS) is 28.8. The number of allylic oxidation sites excluding steroid dienone is 1. The fourth-order valence-corrected chi connectivity index (χ4v) is 9.28. The molecule has 15 nitrogen and oxygen atoms in total. The molecule has 2 saturated carbocycles. The molecule has 7 atom stereocenters. The van der Waals surface area contributed by atoms with E-state index >= 15 is 0 Å². The number of sulfonamides is 1. The van der Waals surface area contributed by atoms with Crippen molar-refractivity contribution in [3.63, 3.8) is 0 Å². The molecular weight excluding hydrogens is 819 g/mol. The molecule has 1 aromatic heterocycles. The lowest BCUT2D eigenvalue weighted by atomic mass is 9.88. The fourth-order valence-electron chi connectivity index (χ4n) is 7.86. The lowest BCUT2D eigenvalue weighted by Crippen LogP contribution is -2.60. The van der Waals surface area contributed by atoms with Crippen molar-refractivity contribution in [1.29, 1.82) is 0 Å². The van der Waals surface area contributed by atoms with E-state index in [2.05, 4.69) is 15.6 Å². The molecule has 330 valence electrons. The number of rotatable bonds is 10. The van der Waals surface area contributed by atoms with Gasteiger partial charge >= 0.3 is 12.3 Å². The SMILES string of the molecule is COc1ccc2c(O[C@@H]3C[C@H]4C(=O)N[C@]5(C(=O)NS(=O)(=O)C6(CF)CC6)C[C@H]5/C=C\CC[C@@H](C)C[C@@H](C)[C@H](NC(=O)OC(C)(C)C(F)(F)F)C(=O)N4C3)nc(OC)cc2c1. The van der Waals surface area contributed by atoms with Crippen molar-refractivity contribution in [3.8, 4) is 17.5 Å². The van der Waals surface area contributed by atoms with Crippen LogP contribution < -0.4 is 29.6 Å². The Kier molecular flexibility index (Phi) is 12.3. The number of nitrogens with zero attached hydrogens (tertiary/aromatic N) is 2. The second-order valence-electron chi connectivity index (χ2n) is 16.9. The van der Waals surface area contributed by atoms with E-state index in [-0.39, 0.29) is 49.9 Å². The van der Waals surface area contributed by atoms with Gasteiger partial charge < -0.3 is 34.5 Å². The Balaban J connectivity index is 1.37. The number of alkyl halides is 4. The Labute approximate surface area is 345 Å². The predicted molar refractivity (Wildman–Crippen MR) is 208 cm³/mol. The van der Waals surface area contributed by atoms with E-state index in [0.29, 0.717) is 49.6 Å². The Bertz CT molecular complexity index is 2140. The average Bonchev–Trinajstić information content (AvgIpc) is 4.08. The number of nitrogens with one attached hydrogen (secondary N) is 3. The number of pyridine rings is 1. The number of hydrogen-bond acceptors (Lipinski definition) is 11. The fraction of sp³-hybridized carbons (Fsp3) is 0.625. The molecular formula is C40H51F4N5O10S. The maximum Gasteiger partial charge on any atom is 0.427 e. The number of hydrogen-bond donors (Lipinski definition) is 3. The number of benzene rings is 1. The largest absolute Gasteiger partial charge is 0.497 e. The Morgan fingerprint density at radius 3 is 2.42 bits per heavy atom. The van der Waals surface area contributed by atoms with Gasteiger partial charge in [0.15, 0.2) is 0 Å². The zero-order chi connectivity index (χ0) is 44.0. The summed E-state index contributed by atoms with van der Waals surface area (Å²) in [7, 11) is -1.57. The van der Waals surface area contributed by atoms with Crippen LogP contribution in [0.15, 0.2) is 36.4 Å². The van der Waals surface area contributed by atoms with E-state index in [1.54, 1.807) is 43.3 Å². The molecule has 2 aromatic rings. The molecule has 0 radical (unpaired) electrons. The second-order valence-corrected chi connectivity index (χ2v) is 19.0. The average molecular weight is 870 g/mol. The monoisotopic (exact) mass is 869 g/mol. The molecule has 6 rings (SSSR count). The number of amides is 4. The quantitative estimate of drug-likeness (QED) is 0.218. The molecule has 0 unspecified atom stereocenters. The van der Waals surface area contributed by atoms with Crippen molar-refractivity contribution in [3.05, 3.63) is 36.4 Å². The number of carbonyl (C=O) groups excluding carboxylic acids is 4. The summed E-state index contributed by atoms with van der Waals surface area (Å²) in [4.78, 5) is 62.0. The van der Waals surface area contributed by atoms with Crippen molar-refractivity contribution in [2.24, 2.45) is 17.8 Å². The third-order valence-electron chi connectivity index (χ3n) is 12.0. The number of fused-ring (bicyclic) bond motifs is 3. The first-order valence-corrected chi connectivity index (χ1v) is 21.2. The zero-order valence-corrected chi connectivity index (χ0v) is 35.0. The summed E-state index contributed by atoms with van der Waals surface area (Å²) in [5.74, 6) is -3.40. The number of halogens is 4. The standard InChI is InChI=1S/C40H51F4N5O10S/c1-22-9-7-8-10-25-19-39(25,35(52)48-60(54,55)38(21-41)13-14-38)47-32(50)29-18-27(58-33-28-12-11-26(56-5)16-24(28)17-30(45-33)57-6)20-49(29)34(51)31(23(2)15-22)46-36(53)59-37(3,4)40(42,43)44/h8,10-12,16-17,22-23,25,27,29,31H,7,9,13-15,18-21H2,1-6H3,(H,46,53)(H,47,50)(H,48,52)/b10-8-/t22-,23-,25-,27-,29+,31+,39-/m1/s1. The third kappa shape index (κ3) is 8.93. The van der Waals surface area contributed by atoms with Gasteiger partial charge in [0.2, 0.25) is 39.2 Å². The van der Waals surface area contributed by atoms with Gasteiger partial charge in [-0.25, -0.2) is 17.6 Å². The lowest BCUT2D eigenvalue weighted by Gasteiger charge is -2.34. The van der Waals surface area contributed by atoms with Crippen molar-refractivity contribution in [2.75, 3.05) is 27.4 Å². The van der Waals surface area contributed by atoms with Crippen LogP contribution in [0, 0.1) is 17.8 Å². The van der Waals surface area contributed by atoms with Gasteiger partial charge in [0.25, 0.3) is 5.91 Å². The van der Waals surface area contributed by atoms with Gasteiger partial charge in [0, 0.05) is 23.8 Å². The highest BCUT2D eigenvalue weighted by Crippen LogP contribution is 2.48. The molecule has 0 spiro atoms. The van der Waals surface area contributed by atoms with Gasteiger partial charge in [0.1, 0.15) is 40.9 Å². The van der Waals surface area contributed by atoms with Crippen LogP contribution in [0.1, 0.15) is 72.6 Å². The molecule has 2 aliphatic heterocycles. The molecule has 1 aromatic carbocycles. The number of carbonyl (C=O) groups is 4. The van der Waals surface area contributed by atoms with Crippen LogP contribution in [-0.4, -0.2) is 110 Å². The first kappa shape index (κ1) is 44.7. The van der Waals surface area contributed by atoms with Crippen LogP contribution in [0.25, 0.3) is 10.8 Å². The minimum atomic E-state index is -4.94. The van der Waals surface area contributed by atoms with Crippen LogP contribution in [0.3, 0.4) is 0 Å². The molecule has 4 aliphatic rings. The number of aromatic nitrogens is 1. The van der Waals surface area contributed by atoms with Gasteiger partial charge in [0.05, 0.1) is 20.8 Å². The Morgan fingerprint density at radius 1 is 1.07 bits per heavy atom. The highest BCUT2D eigenvalue weighted by atomic mass is 32.2. The lowest BCUT2D eigenvalue weighted by molar-refractivity contribution is -0.244. The second kappa shape index (κ2) is 16.5. The summed E-state index contributed by atoms with van der Waals surface area (Å²) in [6, 6.07) is 3.86. The van der Waals surface area contributed by atoms with Gasteiger partial charge in [-0.1, -0.05) is 26.0 Å². The summed E-state index contributed by atoms with van der Waals surface area (Å²) in [6.45, 7) is 3.42. The summed E-state index contributed by atoms with van der Waals surface area (Å²) in [5, 5.41) is 6.22. The summed E-state index contributed by atoms with van der Waals surface area (Å²) >= 11 is 0. The van der Waals surface area contributed by atoms with E-state index in [0.717, 1.165) is 4.90 Å². The molecule has 3 N–H and O–H groups in total. The zero-order valence-electron chi connectivity index (χ0n) is 34.2. The molecule has 20 heteroatoms. The van der Waals surface area contributed by atoms with Crippen LogP contribution >= 0.6 is 0 Å². The van der Waals surface area contributed by atoms with E-state index in [1.807, 2.05) is 11.6 Å². The van der Waals surface area contributed by atoms with Crippen molar-refractivity contribution in [1.82, 2.24) is 25.2 Å². The topological polar surface area (TPSA) is 192 Å². The third-order valence-corrected chi connectivity index (χ3v) is 14.1. The number of ether oxygens (including phenoxy) is 4. The molecule has 2 aliphatic carbocycles. The summed E-state index contributed by atoms with van der Waals surface area (Å²) in [6.07, 6.45) is -2.67. The molecule has 1 saturated heterocycles. The van der Waals surface area contributed by atoms with Crippen molar-refractivity contribution in [2.45, 2.75) is 113 Å². The first-order chi connectivity index (χ1) is 28.1. The Hall–Kier alpha value is -4.88. The number of methoxy groups -OCH3 is 2. The molecule has 4 amide bonds. The first-order valence-electron chi connectivity index (χ1n) is 19.8. The molecule has 60 heavy (non-hydrogen) atoms. The van der Waals surface area contributed by atoms with Gasteiger partial charge in [-0.05, 0) is 87.8 Å². The highest BCUT2D eigenvalue weighted by Gasteiger charge is 2.64. The highest BCUT2D eigenvalue weighted by molar-refractivity contribution is 7.91. The minimum absolute atomic E-state index is 0.000590. The van der Waals surface area contributed by atoms with Gasteiger partial charge in [-0.15, -0.1) is 0 Å². The van der Waals surface area contributed by atoms with Crippen LogP contribution in [0.5, 0.6) is 17.5 Å². The van der Waals surface area contributed by atoms with E-state index in [1.165, 1.54) is 14.2 Å². The molecule has 3 heterocycles. The minimum Gasteiger partial charge on any atom is -0.497 e.